The molecule has 1 saturated carbocycles. The average Bonchev–Trinajstić information content (AvgIpc) is 3.49. The van der Waals surface area contributed by atoms with Crippen molar-refractivity contribution in [2.24, 2.45) is 0 Å². The van der Waals surface area contributed by atoms with E-state index in [-0.39, 0.29) is 11.5 Å². The molecule has 1 heterocycles. The van der Waals surface area contributed by atoms with Gasteiger partial charge in [0.2, 0.25) is 10.0 Å². The highest BCUT2D eigenvalue weighted by atomic mass is 32.2. The SMILES string of the molecule is Nc1cc(-c2ccc(-c3ccccc3S(=O)(=O)NC3(CO)CCCC3)cc2F)cc2cc[nH]c12. The summed E-state index contributed by atoms with van der Waals surface area (Å²) < 4.78 is 44.7. The summed E-state index contributed by atoms with van der Waals surface area (Å²) in [6.45, 7) is -0.258. The molecule has 1 fully saturated rings. The van der Waals surface area contributed by atoms with Gasteiger partial charge in [0.25, 0.3) is 0 Å². The Morgan fingerprint density at radius 1 is 1.00 bits per heavy atom. The lowest BCUT2D eigenvalue weighted by atomic mass is 9.98. The number of aromatic nitrogens is 1. The van der Waals surface area contributed by atoms with Crippen LogP contribution in [-0.2, 0) is 10.0 Å². The molecule has 0 spiro atoms. The molecule has 0 radical (unpaired) electrons. The summed E-state index contributed by atoms with van der Waals surface area (Å²) >= 11 is 0. The Balaban J connectivity index is 1.53. The summed E-state index contributed by atoms with van der Waals surface area (Å²) in [5, 5.41) is 10.8. The Kier molecular flexibility index (Phi) is 5.67. The van der Waals surface area contributed by atoms with E-state index in [4.69, 9.17) is 5.73 Å². The Morgan fingerprint density at radius 2 is 1.76 bits per heavy atom. The molecular weight excluding hydrogens is 453 g/mol. The van der Waals surface area contributed by atoms with Crippen LogP contribution in [0.2, 0.25) is 0 Å². The summed E-state index contributed by atoms with van der Waals surface area (Å²) in [4.78, 5) is 3.12. The number of rotatable bonds is 6. The monoisotopic (exact) mass is 479 g/mol. The lowest BCUT2D eigenvalue weighted by Crippen LogP contribution is -2.49. The van der Waals surface area contributed by atoms with Crippen molar-refractivity contribution in [3.8, 4) is 22.3 Å². The van der Waals surface area contributed by atoms with Gasteiger partial charge < -0.3 is 15.8 Å². The number of aliphatic hydroxyl groups excluding tert-OH is 1. The molecule has 34 heavy (non-hydrogen) atoms. The highest BCUT2D eigenvalue weighted by Gasteiger charge is 2.38. The third-order valence-electron chi connectivity index (χ3n) is 6.67. The minimum Gasteiger partial charge on any atom is -0.397 e. The van der Waals surface area contributed by atoms with Crippen molar-refractivity contribution in [1.29, 1.82) is 0 Å². The molecule has 0 aliphatic heterocycles. The van der Waals surface area contributed by atoms with Gasteiger partial charge >= 0.3 is 0 Å². The standard InChI is InChI=1S/C26H26FN3O3S/c27-22-14-17(7-8-20(22)19-13-18-9-12-29-25(18)23(28)15-19)21-5-1-2-6-24(21)34(32,33)30-26(16-31)10-3-4-11-26/h1-2,5-9,12-15,29-31H,3-4,10-11,16,28H2. The maximum Gasteiger partial charge on any atom is 0.241 e. The number of H-pyrrole nitrogens is 1. The minimum absolute atomic E-state index is 0.0554. The number of nitrogen functional groups attached to an aromatic ring is 1. The third kappa shape index (κ3) is 3.98. The van der Waals surface area contributed by atoms with Gasteiger partial charge in [0.1, 0.15) is 5.82 Å². The quantitative estimate of drug-likeness (QED) is 0.298. The van der Waals surface area contributed by atoms with Gasteiger partial charge in [0.05, 0.1) is 28.2 Å². The smallest absolute Gasteiger partial charge is 0.241 e. The van der Waals surface area contributed by atoms with Crippen molar-refractivity contribution in [3.05, 3.63) is 72.7 Å². The van der Waals surface area contributed by atoms with E-state index in [1.807, 2.05) is 12.1 Å². The molecule has 1 aliphatic carbocycles. The molecule has 6 nitrogen and oxygen atoms in total. The molecule has 0 atom stereocenters. The molecule has 0 unspecified atom stereocenters. The fourth-order valence-electron chi connectivity index (χ4n) is 4.90. The second kappa shape index (κ2) is 8.54. The Labute approximate surface area is 197 Å². The van der Waals surface area contributed by atoms with Crippen LogP contribution < -0.4 is 10.5 Å². The largest absolute Gasteiger partial charge is 0.397 e. The van der Waals surface area contributed by atoms with Gasteiger partial charge in [-0.2, -0.15) is 0 Å². The molecule has 5 rings (SSSR count). The lowest BCUT2D eigenvalue weighted by Gasteiger charge is -2.28. The van der Waals surface area contributed by atoms with E-state index in [0.717, 1.165) is 23.7 Å². The van der Waals surface area contributed by atoms with E-state index in [9.17, 15) is 13.5 Å². The topological polar surface area (TPSA) is 108 Å². The van der Waals surface area contributed by atoms with Crippen LogP contribution in [0.25, 0.3) is 33.2 Å². The number of aromatic amines is 1. The van der Waals surface area contributed by atoms with Crippen LogP contribution in [0.4, 0.5) is 10.1 Å². The second-order valence-electron chi connectivity index (χ2n) is 8.95. The molecule has 3 aromatic carbocycles. The summed E-state index contributed by atoms with van der Waals surface area (Å²) in [5.74, 6) is -0.477. The fourth-order valence-corrected chi connectivity index (χ4v) is 6.58. The summed E-state index contributed by atoms with van der Waals surface area (Å²) in [7, 11) is -3.94. The lowest BCUT2D eigenvalue weighted by molar-refractivity contribution is 0.185. The van der Waals surface area contributed by atoms with Crippen molar-refractivity contribution >= 4 is 26.6 Å². The number of nitrogens with one attached hydrogen (secondary N) is 2. The van der Waals surface area contributed by atoms with Crippen LogP contribution in [0.1, 0.15) is 25.7 Å². The Hall–Kier alpha value is -3.20. The van der Waals surface area contributed by atoms with Gasteiger partial charge in [-0.1, -0.05) is 43.2 Å². The number of anilines is 1. The number of nitrogens with two attached hydrogens (primary N) is 1. The van der Waals surface area contributed by atoms with E-state index in [1.54, 1.807) is 42.6 Å². The van der Waals surface area contributed by atoms with Gasteiger partial charge in [0, 0.05) is 22.7 Å². The number of fused-ring (bicyclic) bond motifs is 1. The predicted molar refractivity (Wildman–Crippen MR) is 132 cm³/mol. The van der Waals surface area contributed by atoms with Crippen molar-refractivity contribution in [2.75, 3.05) is 12.3 Å². The molecule has 176 valence electrons. The predicted octanol–water partition coefficient (Wildman–Crippen LogP) is 4.81. The number of aliphatic hydroxyl groups is 1. The number of hydrogen-bond donors (Lipinski definition) is 4. The maximum atomic E-state index is 15.3. The fraction of sp³-hybridized carbons (Fsp3) is 0.231. The normalized spacial score (nSPS) is 15.7. The van der Waals surface area contributed by atoms with Gasteiger partial charge in [0.15, 0.2) is 0 Å². The van der Waals surface area contributed by atoms with Crippen LogP contribution in [-0.4, -0.2) is 30.7 Å². The first-order valence-corrected chi connectivity index (χ1v) is 12.7. The average molecular weight is 480 g/mol. The van der Waals surface area contributed by atoms with Gasteiger partial charge in [-0.05, 0) is 54.3 Å². The van der Waals surface area contributed by atoms with Crippen molar-refractivity contribution in [1.82, 2.24) is 9.71 Å². The van der Waals surface area contributed by atoms with Gasteiger partial charge in [-0.3, -0.25) is 0 Å². The molecule has 1 aliphatic rings. The molecule has 0 bridgehead atoms. The number of halogens is 1. The Morgan fingerprint density at radius 3 is 2.50 bits per heavy atom. The molecule has 0 amide bonds. The van der Waals surface area contributed by atoms with Crippen molar-refractivity contribution in [3.63, 3.8) is 0 Å². The molecule has 5 N–H and O–H groups in total. The van der Waals surface area contributed by atoms with Crippen molar-refractivity contribution in [2.45, 2.75) is 36.1 Å². The number of sulfonamides is 1. The zero-order valence-corrected chi connectivity index (χ0v) is 19.3. The second-order valence-corrected chi connectivity index (χ2v) is 10.6. The molecule has 8 heteroatoms. The third-order valence-corrected chi connectivity index (χ3v) is 8.31. The van der Waals surface area contributed by atoms with E-state index in [1.165, 1.54) is 12.1 Å². The molecule has 4 aromatic rings. The van der Waals surface area contributed by atoms with E-state index >= 15 is 4.39 Å². The van der Waals surface area contributed by atoms with Crippen molar-refractivity contribution < 1.29 is 17.9 Å². The minimum atomic E-state index is -3.94. The first-order valence-electron chi connectivity index (χ1n) is 11.2. The maximum absolute atomic E-state index is 15.3. The molecule has 1 aromatic heterocycles. The molecule has 0 saturated heterocycles. The summed E-state index contributed by atoms with van der Waals surface area (Å²) in [6, 6.07) is 16.7. The van der Waals surface area contributed by atoms with Gasteiger partial charge in [-0.15, -0.1) is 0 Å². The van der Waals surface area contributed by atoms with Crippen LogP contribution >= 0.6 is 0 Å². The first-order chi connectivity index (χ1) is 16.3. The van der Waals surface area contributed by atoms with Gasteiger partial charge in [-0.25, -0.2) is 17.5 Å². The zero-order chi connectivity index (χ0) is 23.9. The molecular formula is C26H26FN3O3S. The number of benzene rings is 3. The highest BCUT2D eigenvalue weighted by molar-refractivity contribution is 7.89. The zero-order valence-electron chi connectivity index (χ0n) is 18.5. The van der Waals surface area contributed by atoms with E-state index in [2.05, 4.69) is 9.71 Å². The van der Waals surface area contributed by atoms with Crippen LogP contribution in [0.3, 0.4) is 0 Å². The summed E-state index contributed by atoms with van der Waals surface area (Å²) in [5.41, 5.74) is 8.46. The highest BCUT2D eigenvalue weighted by Crippen LogP contribution is 2.36. The summed E-state index contributed by atoms with van der Waals surface area (Å²) in [6.07, 6.45) is 4.67. The first kappa shape index (κ1) is 22.6. The van der Waals surface area contributed by atoms with Crippen LogP contribution in [0.15, 0.2) is 71.8 Å². The van der Waals surface area contributed by atoms with E-state index in [0.29, 0.717) is 40.8 Å². The van der Waals surface area contributed by atoms with Crippen LogP contribution in [0, 0.1) is 5.82 Å². The van der Waals surface area contributed by atoms with Crippen LogP contribution in [0.5, 0.6) is 0 Å². The number of hydrogen-bond acceptors (Lipinski definition) is 4. The Bertz CT molecular complexity index is 1470. The van der Waals surface area contributed by atoms with E-state index < -0.39 is 21.4 Å².